The molecule has 3 N–H and O–H groups in total. The molecular weight excluding hydrogens is 238 g/mol. The highest BCUT2D eigenvalue weighted by Crippen LogP contribution is 2.15. The van der Waals surface area contributed by atoms with E-state index in [9.17, 15) is 4.79 Å². The van der Waals surface area contributed by atoms with E-state index in [2.05, 4.69) is 10.2 Å². The van der Waals surface area contributed by atoms with Crippen molar-refractivity contribution in [2.75, 3.05) is 25.0 Å². The first-order valence-electron chi connectivity index (χ1n) is 5.67. The van der Waals surface area contributed by atoms with Crippen LogP contribution in [0.15, 0.2) is 24.3 Å². The van der Waals surface area contributed by atoms with Crippen molar-refractivity contribution < 1.29 is 4.79 Å². The fourth-order valence-corrected chi connectivity index (χ4v) is 2.17. The van der Waals surface area contributed by atoms with E-state index in [0.29, 0.717) is 11.6 Å². The summed E-state index contributed by atoms with van der Waals surface area (Å²) in [5, 5.41) is 3.44. The van der Waals surface area contributed by atoms with Gasteiger partial charge < -0.3 is 11.1 Å². The molecule has 1 fully saturated rings. The van der Waals surface area contributed by atoms with Gasteiger partial charge in [-0.05, 0) is 24.6 Å². The smallest absolute Gasteiger partial charge is 0.238 e. The van der Waals surface area contributed by atoms with Crippen LogP contribution in [0.3, 0.4) is 0 Å². The number of hydrogen-bond acceptors (Lipinski definition) is 3. The molecule has 0 aliphatic carbocycles. The molecule has 1 atom stereocenters. The largest absolute Gasteiger partial charge is 0.326 e. The number of anilines is 1. The fourth-order valence-electron chi connectivity index (χ4n) is 1.98. The van der Waals surface area contributed by atoms with Crippen LogP contribution in [-0.4, -0.2) is 36.5 Å². The number of carbonyl (C=O) groups excluding carboxylic acids is 1. The molecule has 0 spiro atoms. The summed E-state index contributed by atoms with van der Waals surface area (Å²) >= 11 is 5.84. The minimum absolute atomic E-state index is 0.0265. The van der Waals surface area contributed by atoms with Gasteiger partial charge in [0.05, 0.1) is 6.54 Å². The first-order chi connectivity index (χ1) is 8.13. The van der Waals surface area contributed by atoms with Crippen LogP contribution < -0.4 is 11.1 Å². The highest BCUT2D eigenvalue weighted by Gasteiger charge is 2.20. The molecule has 0 bridgehead atoms. The summed E-state index contributed by atoms with van der Waals surface area (Å²) in [5.41, 5.74) is 6.51. The van der Waals surface area contributed by atoms with E-state index in [0.717, 1.165) is 25.2 Å². The molecule has 5 heteroatoms. The number of halogens is 1. The summed E-state index contributed by atoms with van der Waals surface area (Å²) in [6.45, 7) is 2.08. The van der Waals surface area contributed by atoms with Crippen LogP contribution >= 0.6 is 11.6 Å². The van der Waals surface area contributed by atoms with E-state index in [1.54, 1.807) is 12.1 Å². The van der Waals surface area contributed by atoms with Crippen LogP contribution in [-0.2, 0) is 4.79 Å². The maximum Gasteiger partial charge on any atom is 0.238 e. The van der Waals surface area contributed by atoms with Gasteiger partial charge in [-0.15, -0.1) is 0 Å². The Hall–Kier alpha value is -1.10. The van der Waals surface area contributed by atoms with E-state index in [-0.39, 0.29) is 11.9 Å². The molecule has 1 unspecified atom stereocenters. The third kappa shape index (κ3) is 3.70. The zero-order valence-electron chi connectivity index (χ0n) is 9.53. The van der Waals surface area contributed by atoms with Crippen LogP contribution in [0.2, 0.25) is 5.02 Å². The average molecular weight is 254 g/mol. The molecule has 1 aromatic carbocycles. The van der Waals surface area contributed by atoms with Gasteiger partial charge in [-0.1, -0.05) is 17.7 Å². The normalized spacial score (nSPS) is 20.5. The zero-order valence-corrected chi connectivity index (χ0v) is 10.3. The number of nitrogens with zero attached hydrogens (tertiary/aromatic N) is 1. The Balaban J connectivity index is 1.85. The number of carbonyl (C=O) groups is 1. The lowest BCUT2D eigenvalue weighted by Gasteiger charge is -2.14. The zero-order chi connectivity index (χ0) is 12.3. The monoisotopic (exact) mass is 253 g/mol. The van der Waals surface area contributed by atoms with Crippen molar-refractivity contribution >= 4 is 23.2 Å². The van der Waals surface area contributed by atoms with Gasteiger partial charge in [-0.3, -0.25) is 9.69 Å². The number of benzene rings is 1. The fraction of sp³-hybridized carbons (Fsp3) is 0.417. The molecule has 2 rings (SSSR count). The highest BCUT2D eigenvalue weighted by molar-refractivity contribution is 6.30. The maximum atomic E-state index is 11.7. The molecule has 0 aromatic heterocycles. The third-order valence-electron chi connectivity index (χ3n) is 2.78. The lowest BCUT2D eigenvalue weighted by Crippen LogP contribution is -2.33. The molecule has 4 nitrogen and oxygen atoms in total. The number of nitrogens with two attached hydrogens (primary N) is 1. The van der Waals surface area contributed by atoms with Crippen molar-refractivity contribution in [3.05, 3.63) is 29.3 Å². The van der Waals surface area contributed by atoms with Crippen LogP contribution in [0, 0.1) is 0 Å². The Kier molecular flexibility index (Phi) is 3.99. The van der Waals surface area contributed by atoms with Gasteiger partial charge in [0.2, 0.25) is 5.91 Å². The second-order valence-corrected chi connectivity index (χ2v) is 4.78. The number of amides is 1. The molecule has 0 saturated carbocycles. The predicted molar refractivity (Wildman–Crippen MR) is 69.1 cm³/mol. The Morgan fingerprint density at radius 2 is 2.41 bits per heavy atom. The van der Waals surface area contributed by atoms with Gasteiger partial charge >= 0.3 is 0 Å². The molecule has 1 aliphatic rings. The Labute approximate surface area is 106 Å². The number of hydrogen-bond donors (Lipinski definition) is 2. The van der Waals surface area contributed by atoms with Gasteiger partial charge in [-0.2, -0.15) is 0 Å². The quantitative estimate of drug-likeness (QED) is 0.854. The summed E-state index contributed by atoms with van der Waals surface area (Å²) in [6.07, 6.45) is 0.963. The summed E-state index contributed by atoms with van der Waals surface area (Å²) in [7, 11) is 0. The molecule has 1 aliphatic heterocycles. The summed E-state index contributed by atoms with van der Waals surface area (Å²) in [5.74, 6) is -0.0265. The minimum Gasteiger partial charge on any atom is -0.326 e. The molecular formula is C12H16ClN3O. The van der Waals surface area contributed by atoms with Crippen LogP contribution in [0.25, 0.3) is 0 Å². The SMILES string of the molecule is NC1CCN(CC(=O)Nc2cccc(Cl)c2)C1. The predicted octanol–water partition coefficient (Wildman–Crippen LogP) is 1.31. The molecule has 92 valence electrons. The lowest BCUT2D eigenvalue weighted by molar-refractivity contribution is -0.117. The van der Waals surface area contributed by atoms with Crippen molar-refractivity contribution in [2.24, 2.45) is 5.73 Å². The van der Waals surface area contributed by atoms with Crippen LogP contribution in [0.1, 0.15) is 6.42 Å². The lowest BCUT2D eigenvalue weighted by atomic mass is 10.3. The number of rotatable bonds is 3. The Morgan fingerprint density at radius 1 is 1.59 bits per heavy atom. The third-order valence-corrected chi connectivity index (χ3v) is 3.02. The van der Waals surface area contributed by atoms with Crippen molar-refractivity contribution in [2.45, 2.75) is 12.5 Å². The van der Waals surface area contributed by atoms with Crippen LogP contribution in [0.5, 0.6) is 0 Å². The van der Waals surface area contributed by atoms with E-state index in [4.69, 9.17) is 17.3 Å². The number of nitrogens with one attached hydrogen (secondary N) is 1. The van der Waals surface area contributed by atoms with Gasteiger partial charge in [0.1, 0.15) is 0 Å². The summed E-state index contributed by atoms with van der Waals surface area (Å²) < 4.78 is 0. The minimum atomic E-state index is -0.0265. The van der Waals surface area contributed by atoms with Gasteiger partial charge in [-0.25, -0.2) is 0 Å². The first-order valence-corrected chi connectivity index (χ1v) is 6.04. The average Bonchev–Trinajstić information content (AvgIpc) is 2.63. The van der Waals surface area contributed by atoms with Gasteiger partial charge in [0.15, 0.2) is 0 Å². The van der Waals surface area contributed by atoms with Gasteiger partial charge in [0.25, 0.3) is 0 Å². The highest BCUT2D eigenvalue weighted by atomic mass is 35.5. The maximum absolute atomic E-state index is 11.7. The van der Waals surface area contributed by atoms with Crippen molar-refractivity contribution in [1.82, 2.24) is 4.90 Å². The molecule has 0 radical (unpaired) electrons. The van der Waals surface area contributed by atoms with E-state index in [1.807, 2.05) is 12.1 Å². The van der Waals surface area contributed by atoms with E-state index < -0.39 is 0 Å². The molecule has 17 heavy (non-hydrogen) atoms. The van der Waals surface area contributed by atoms with Crippen molar-refractivity contribution in [3.63, 3.8) is 0 Å². The standard InChI is InChI=1S/C12H16ClN3O/c13-9-2-1-3-11(6-9)15-12(17)8-16-5-4-10(14)7-16/h1-3,6,10H,4-5,7-8,14H2,(H,15,17). The second kappa shape index (κ2) is 5.49. The molecule has 1 saturated heterocycles. The molecule has 1 aromatic rings. The van der Waals surface area contributed by atoms with E-state index >= 15 is 0 Å². The second-order valence-electron chi connectivity index (χ2n) is 4.34. The Morgan fingerprint density at radius 3 is 3.06 bits per heavy atom. The first kappa shape index (κ1) is 12.4. The summed E-state index contributed by atoms with van der Waals surface area (Å²) in [4.78, 5) is 13.8. The molecule has 1 heterocycles. The van der Waals surface area contributed by atoms with Crippen molar-refractivity contribution in [1.29, 1.82) is 0 Å². The van der Waals surface area contributed by atoms with Gasteiger partial charge in [0, 0.05) is 29.8 Å². The number of likely N-dealkylation sites (tertiary alicyclic amines) is 1. The summed E-state index contributed by atoms with van der Waals surface area (Å²) in [6, 6.07) is 7.34. The van der Waals surface area contributed by atoms with Crippen molar-refractivity contribution in [3.8, 4) is 0 Å². The van der Waals surface area contributed by atoms with E-state index in [1.165, 1.54) is 0 Å². The van der Waals surface area contributed by atoms with Crippen LogP contribution in [0.4, 0.5) is 5.69 Å². The Bertz CT molecular complexity index is 410. The molecule has 1 amide bonds. The topological polar surface area (TPSA) is 58.4 Å².